The second kappa shape index (κ2) is 9.97. The van der Waals surface area contributed by atoms with Crippen LogP contribution in [0.2, 0.25) is 0 Å². The predicted molar refractivity (Wildman–Crippen MR) is 105 cm³/mol. The molecule has 2 aromatic rings. The number of nitrogens with one attached hydrogen (secondary N) is 1. The van der Waals surface area contributed by atoms with Gasteiger partial charge < -0.3 is 19.9 Å². The molecule has 0 saturated heterocycles. The van der Waals surface area contributed by atoms with E-state index in [2.05, 4.69) is 21.2 Å². The number of carboxylic acids is 1. The van der Waals surface area contributed by atoms with Crippen LogP contribution in [0.4, 0.5) is 0 Å². The van der Waals surface area contributed by atoms with Gasteiger partial charge in [-0.25, -0.2) is 0 Å². The van der Waals surface area contributed by atoms with Crippen LogP contribution in [0, 0.1) is 0 Å². The van der Waals surface area contributed by atoms with Crippen molar-refractivity contribution >= 4 is 27.8 Å². The van der Waals surface area contributed by atoms with Crippen molar-refractivity contribution in [1.82, 2.24) is 5.32 Å². The van der Waals surface area contributed by atoms with Gasteiger partial charge in [0.2, 0.25) is 0 Å². The summed E-state index contributed by atoms with van der Waals surface area (Å²) in [6, 6.07) is 11.4. The molecule has 0 heterocycles. The summed E-state index contributed by atoms with van der Waals surface area (Å²) < 4.78 is 11.7. The molecule has 0 spiro atoms. The van der Waals surface area contributed by atoms with E-state index >= 15 is 0 Å². The number of carboxylic acid groups (broad SMARTS) is 1. The Labute approximate surface area is 166 Å². The molecule has 1 unspecified atom stereocenters. The smallest absolute Gasteiger partial charge is 0.305 e. The molecule has 0 saturated carbocycles. The summed E-state index contributed by atoms with van der Waals surface area (Å²) in [6.07, 6.45) is 0.604. The molecule has 2 N–H and O–H groups in total. The van der Waals surface area contributed by atoms with Gasteiger partial charge in [0.05, 0.1) is 26.2 Å². The monoisotopic (exact) mass is 435 g/mol. The van der Waals surface area contributed by atoms with Crippen LogP contribution in [0.1, 0.15) is 41.7 Å². The van der Waals surface area contributed by atoms with Gasteiger partial charge in [-0.2, -0.15) is 0 Å². The van der Waals surface area contributed by atoms with Crippen LogP contribution in [-0.4, -0.2) is 30.7 Å². The third kappa shape index (κ3) is 5.99. The molecular formula is C20H22BrNO5. The largest absolute Gasteiger partial charge is 0.493 e. The molecule has 1 atom stereocenters. The Morgan fingerprint density at radius 2 is 1.96 bits per heavy atom. The molecule has 0 aliphatic rings. The Morgan fingerprint density at radius 3 is 2.59 bits per heavy atom. The Hall–Kier alpha value is -2.54. The fourth-order valence-electron chi connectivity index (χ4n) is 2.53. The van der Waals surface area contributed by atoms with Crippen molar-refractivity contribution in [1.29, 1.82) is 0 Å². The van der Waals surface area contributed by atoms with Crippen LogP contribution in [0.15, 0.2) is 46.9 Å². The van der Waals surface area contributed by atoms with E-state index in [1.165, 1.54) is 7.11 Å². The van der Waals surface area contributed by atoms with E-state index in [4.69, 9.17) is 9.47 Å². The van der Waals surface area contributed by atoms with Gasteiger partial charge in [0.1, 0.15) is 0 Å². The summed E-state index contributed by atoms with van der Waals surface area (Å²) in [5, 5.41) is 12.0. The number of hydrogen-bond acceptors (Lipinski definition) is 4. The first kappa shape index (κ1) is 20.8. The van der Waals surface area contributed by atoms with Gasteiger partial charge in [-0.15, -0.1) is 0 Å². The predicted octanol–water partition coefficient (Wildman–Crippen LogP) is 4.19. The highest BCUT2D eigenvalue weighted by Gasteiger charge is 2.21. The van der Waals surface area contributed by atoms with Crippen molar-refractivity contribution in [2.24, 2.45) is 0 Å². The number of methoxy groups -OCH3 is 1. The fourth-order valence-corrected chi connectivity index (χ4v) is 2.93. The Balaban J connectivity index is 2.27. The lowest BCUT2D eigenvalue weighted by Gasteiger charge is -2.19. The Bertz CT molecular complexity index is 809. The molecule has 27 heavy (non-hydrogen) atoms. The van der Waals surface area contributed by atoms with E-state index in [9.17, 15) is 14.7 Å². The van der Waals surface area contributed by atoms with Crippen LogP contribution < -0.4 is 14.8 Å². The van der Waals surface area contributed by atoms with Gasteiger partial charge in [-0.1, -0.05) is 35.0 Å². The molecule has 2 rings (SSSR count). The molecule has 144 valence electrons. The topological polar surface area (TPSA) is 84.9 Å². The van der Waals surface area contributed by atoms with Gasteiger partial charge in [-0.3, -0.25) is 9.59 Å². The van der Waals surface area contributed by atoms with Crippen LogP contribution in [-0.2, 0) is 4.79 Å². The van der Waals surface area contributed by atoms with Crippen molar-refractivity contribution in [3.05, 3.63) is 58.1 Å². The number of carbonyl (C=O) groups excluding carboxylic acids is 1. The number of rotatable bonds is 9. The standard InChI is InChI=1S/C20H22BrNO5/c1-3-9-27-17-8-7-13(11-18(17)26-2)16(12-19(23)24)22-20(25)14-5-4-6-15(21)10-14/h4-8,10-11,16H,3,9,12H2,1-2H3,(H,22,25)(H,23,24). The summed E-state index contributed by atoms with van der Waals surface area (Å²) in [5.74, 6) is -0.295. The number of amides is 1. The second-order valence-corrected chi connectivity index (χ2v) is 6.81. The zero-order valence-corrected chi connectivity index (χ0v) is 16.8. The van der Waals surface area contributed by atoms with Crippen LogP contribution in [0.25, 0.3) is 0 Å². The maximum atomic E-state index is 12.5. The third-order valence-electron chi connectivity index (χ3n) is 3.82. The van der Waals surface area contributed by atoms with Crippen molar-refractivity contribution in [3.63, 3.8) is 0 Å². The van der Waals surface area contributed by atoms with E-state index in [-0.39, 0.29) is 12.3 Å². The Kier molecular flexibility index (Phi) is 7.67. The number of benzene rings is 2. The van der Waals surface area contributed by atoms with Gasteiger partial charge >= 0.3 is 5.97 Å². The van der Waals surface area contributed by atoms with E-state index in [1.54, 1.807) is 36.4 Å². The molecule has 2 aromatic carbocycles. The number of aliphatic carboxylic acids is 1. The highest BCUT2D eigenvalue weighted by Crippen LogP contribution is 2.31. The highest BCUT2D eigenvalue weighted by atomic mass is 79.9. The first-order valence-electron chi connectivity index (χ1n) is 8.53. The molecule has 0 bridgehead atoms. The summed E-state index contributed by atoms with van der Waals surface area (Å²) in [4.78, 5) is 23.8. The highest BCUT2D eigenvalue weighted by molar-refractivity contribution is 9.10. The lowest BCUT2D eigenvalue weighted by molar-refractivity contribution is -0.137. The summed E-state index contributed by atoms with van der Waals surface area (Å²) in [6.45, 7) is 2.55. The maximum absolute atomic E-state index is 12.5. The average Bonchev–Trinajstić information content (AvgIpc) is 2.65. The zero-order chi connectivity index (χ0) is 19.8. The molecule has 0 aromatic heterocycles. The van der Waals surface area contributed by atoms with Crippen LogP contribution >= 0.6 is 15.9 Å². The minimum absolute atomic E-state index is 0.252. The molecule has 7 heteroatoms. The van der Waals surface area contributed by atoms with Crippen LogP contribution in [0.3, 0.4) is 0 Å². The van der Waals surface area contributed by atoms with E-state index in [1.807, 2.05) is 13.0 Å². The van der Waals surface area contributed by atoms with Gasteiger partial charge in [-0.05, 0) is 42.3 Å². The van der Waals surface area contributed by atoms with Crippen molar-refractivity contribution < 1.29 is 24.2 Å². The molecule has 0 radical (unpaired) electrons. The molecular weight excluding hydrogens is 414 g/mol. The van der Waals surface area contributed by atoms with Crippen molar-refractivity contribution in [3.8, 4) is 11.5 Å². The van der Waals surface area contributed by atoms with E-state index in [0.717, 1.165) is 10.9 Å². The quantitative estimate of drug-likeness (QED) is 0.616. The number of carbonyl (C=O) groups is 2. The molecule has 6 nitrogen and oxygen atoms in total. The average molecular weight is 436 g/mol. The minimum Gasteiger partial charge on any atom is -0.493 e. The SMILES string of the molecule is CCCOc1ccc(C(CC(=O)O)NC(=O)c2cccc(Br)c2)cc1OC. The maximum Gasteiger partial charge on any atom is 0.305 e. The van der Waals surface area contributed by atoms with E-state index < -0.39 is 12.0 Å². The first-order valence-corrected chi connectivity index (χ1v) is 9.32. The van der Waals surface area contributed by atoms with Gasteiger partial charge in [0.15, 0.2) is 11.5 Å². The van der Waals surface area contributed by atoms with Crippen molar-refractivity contribution in [2.45, 2.75) is 25.8 Å². The third-order valence-corrected chi connectivity index (χ3v) is 4.32. The molecule has 0 aliphatic carbocycles. The summed E-state index contributed by atoms with van der Waals surface area (Å²) in [5.41, 5.74) is 1.07. The zero-order valence-electron chi connectivity index (χ0n) is 15.2. The normalized spacial score (nSPS) is 11.5. The van der Waals surface area contributed by atoms with Crippen molar-refractivity contribution in [2.75, 3.05) is 13.7 Å². The minimum atomic E-state index is -1.01. The first-order chi connectivity index (χ1) is 12.9. The van der Waals surface area contributed by atoms with Gasteiger partial charge in [0, 0.05) is 10.0 Å². The van der Waals surface area contributed by atoms with E-state index in [0.29, 0.717) is 29.2 Å². The molecule has 1 amide bonds. The number of halogens is 1. The molecule has 0 fully saturated rings. The number of ether oxygens (including phenoxy) is 2. The lowest BCUT2D eigenvalue weighted by Crippen LogP contribution is -2.30. The fraction of sp³-hybridized carbons (Fsp3) is 0.300. The summed E-state index contributed by atoms with van der Waals surface area (Å²) >= 11 is 3.32. The van der Waals surface area contributed by atoms with Crippen LogP contribution in [0.5, 0.6) is 11.5 Å². The number of hydrogen-bond donors (Lipinski definition) is 2. The lowest BCUT2D eigenvalue weighted by atomic mass is 10.0. The summed E-state index contributed by atoms with van der Waals surface area (Å²) in [7, 11) is 1.52. The van der Waals surface area contributed by atoms with Gasteiger partial charge in [0.25, 0.3) is 5.91 Å². The second-order valence-electron chi connectivity index (χ2n) is 5.89. The Morgan fingerprint density at radius 1 is 1.19 bits per heavy atom. The molecule has 0 aliphatic heterocycles.